The molecule has 1 N–H and O–H groups in total. The maximum atomic E-state index is 4.59. The Kier molecular flexibility index (Phi) is 4.98. The van der Waals surface area contributed by atoms with Crippen LogP contribution in [0.4, 0.5) is 11.9 Å². The molecule has 1 unspecified atom stereocenters. The highest BCUT2D eigenvalue weighted by molar-refractivity contribution is 5.83. The van der Waals surface area contributed by atoms with Crippen LogP contribution in [0.3, 0.4) is 0 Å². The molecule has 1 atom stereocenters. The van der Waals surface area contributed by atoms with Gasteiger partial charge in [0.2, 0.25) is 5.95 Å². The van der Waals surface area contributed by atoms with Crippen LogP contribution in [0, 0.1) is 0 Å². The molecule has 5 aromatic rings. The minimum atomic E-state index is -0.203. The first kappa shape index (κ1) is 21.4. The highest BCUT2D eigenvalue weighted by atomic mass is 15.6. The minimum absolute atomic E-state index is 0.203. The standard InChI is InChI=1S/C26H23N11/c1-17-22(15-19-12-14-36-25(28-19)29-31-33-36)24(21-9-5-11-23-20(21)10-6-13-27-23)37-26(30-32-34-37)35(17)16-18-7-3-2-4-8-18/h2-13,24H,14-16H2,1H3,(H,28,29,33). The minimum Gasteiger partial charge on any atom is -0.327 e. The van der Waals surface area contributed by atoms with Crippen molar-refractivity contribution in [1.29, 1.82) is 0 Å². The van der Waals surface area contributed by atoms with E-state index in [1.165, 1.54) is 11.1 Å². The summed E-state index contributed by atoms with van der Waals surface area (Å²) in [5.74, 6) is 1.35. The molecule has 11 heteroatoms. The maximum absolute atomic E-state index is 4.59. The van der Waals surface area contributed by atoms with Gasteiger partial charge >= 0.3 is 0 Å². The van der Waals surface area contributed by atoms with Crippen molar-refractivity contribution in [3.8, 4) is 0 Å². The summed E-state index contributed by atoms with van der Waals surface area (Å²) < 4.78 is 3.67. The number of pyridine rings is 1. The molecule has 0 bridgehead atoms. The Bertz CT molecular complexity index is 1660. The van der Waals surface area contributed by atoms with Crippen molar-refractivity contribution in [2.45, 2.75) is 32.5 Å². The van der Waals surface area contributed by atoms with Crippen LogP contribution in [-0.4, -0.2) is 45.4 Å². The van der Waals surface area contributed by atoms with Gasteiger partial charge in [-0.3, -0.25) is 4.98 Å². The number of anilines is 2. The average molecular weight is 490 g/mol. The Labute approximate surface area is 212 Å². The van der Waals surface area contributed by atoms with Crippen molar-refractivity contribution < 1.29 is 0 Å². The lowest BCUT2D eigenvalue weighted by molar-refractivity contribution is 0.525. The van der Waals surface area contributed by atoms with E-state index in [2.05, 4.69) is 95.6 Å². The van der Waals surface area contributed by atoms with Crippen LogP contribution in [0.5, 0.6) is 0 Å². The second-order valence-electron chi connectivity index (χ2n) is 9.14. The monoisotopic (exact) mass is 489 g/mol. The number of benzene rings is 2. The van der Waals surface area contributed by atoms with Crippen molar-refractivity contribution in [2.24, 2.45) is 0 Å². The van der Waals surface area contributed by atoms with Gasteiger partial charge in [0.25, 0.3) is 5.95 Å². The van der Waals surface area contributed by atoms with Gasteiger partial charge in [-0.25, -0.2) is 4.68 Å². The van der Waals surface area contributed by atoms with Gasteiger partial charge in [0.1, 0.15) is 6.04 Å². The van der Waals surface area contributed by atoms with E-state index in [1.807, 2.05) is 35.1 Å². The Morgan fingerprint density at radius 3 is 2.76 bits per heavy atom. The number of rotatable bonds is 5. The van der Waals surface area contributed by atoms with Crippen LogP contribution in [0.1, 0.15) is 30.5 Å². The number of allylic oxidation sites excluding steroid dienone is 3. The molecule has 0 amide bonds. The van der Waals surface area contributed by atoms with Crippen molar-refractivity contribution >= 4 is 22.8 Å². The van der Waals surface area contributed by atoms with Crippen LogP contribution < -0.4 is 10.2 Å². The summed E-state index contributed by atoms with van der Waals surface area (Å²) in [6.07, 6.45) is 4.60. The number of hydrogen-bond donors (Lipinski definition) is 1. The zero-order chi connectivity index (χ0) is 24.8. The fourth-order valence-corrected chi connectivity index (χ4v) is 5.20. The van der Waals surface area contributed by atoms with Crippen LogP contribution in [-0.2, 0) is 13.1 Å². The normalized spacial score (nSPS) is 16.8. The SMILES string of the molecule is CC1=C(CC2=CCn3nnnc3N2)C(c2cccc3ncccc23)n2nnnc2N1Cc1ccccc1. The third-order valence-corrected chi connectivity index (χ3v) is 7.01. The number of nitrogens with zero attached hydrogens (tertiary/aromatic N) is 10. The van der Waals surface area contributed by atoms with E-state index in [-0.39, 0.29) is 6.04 Å². The number of fused-ring (bicyclic) bond motifs is 3. The molecule has 0 fully saturated rings. The van der Waals surface area contributed by atoms with E-state index in [1.54, 1.807) is 4.68 Å². The fourth-order valence-electron chi connectivity index (χ4n) is 5.20. The van der Waals surface area contributed by atoms with Gasteiger partial charge in [0.15, 0.2) is 0 Å². The summed E-state index contributed by atoms with van der Waals surface area (Å²) >= 11 is 0. The van der Waals surface area contributed by atoms with E-state index in [0.717, 1.165) is 27.9 Å². The van der Waals surface area contributed by atoms with Crippen molar-refractivity contribution in [3.05, 3.63) is 101 Å². The summed E-state index contributed by atoms with van der Waals surface area (Å²) in [7, 11) is 0. The van der Waals surface area contributed by atoms with Crippen LogP contribution in [0.2, 0.25) is 0 Å². The largest absolute Gasteiger partial charge is 0.327 e. The molecule has 2 aromatic carbocycles. The number of nitrogens with one attached hydrogen (secondary N) is 1. The van der Waals surface area contributed by atoms with Crippen molar-refractivity contribution in [1.82, 2.24) is 45.4 Å². The molecule has 7 rings (SSSR count). The molecule has 0 radical (unpaired) electrons. The molecule has 2 aliphatic rings. The van der Waals surface area contributed by atoms with Gasteiger partial charge in [-0.1, -0.05) is 58.7 Å². The lowest BCUT2D eigenvalue weighted by atomic mass is 9.89. The Morgan fingerprint density at radius 1 is 0.946 bits per heavy atom. The first-order chi connectivity index (χ1) is 18.3. The van der Waals surface area contributed by atoms with Crippen LogP contribution >= 0.6 is 0 Å². The van der Waals surface area contributed by atoms with Crippen LogP contribution in [0.15, 0.2) is 89.9 Å². The summed E-state index contributed by atoms with van der Waals surface area (Å²) in [5.41, 5.74) is 6.56. The summed E-state index contributed by atoms with van der Waals surface area (Å²) in [5, 5.41) is 29.5. The molecule has 11 nitrogen and oxygen atoms in total. The van der Waals surface area contributed by atoms with E-state index in [9.17, 15) is 0 Å². The summed E-state index contributed by atoms with van der Waals surface area (Å²) in [6.45, 7) is 3.43. The Balaban J connectivity index is 1.38. The van der Waals surface area contributed by atoms with Gasteiger partial charge in [-0.2, -0.15) is 4.68 Å². The van der Waals surface area contributed by atoms with E-state index < -0.39 is 0 Å². The molecule has 37 heavy (non-hydrogen) atoms. The fraction of sp³-hybridized carbons (Fsp3) is 0.192. The third-order valence-electron chi connectivity index (χ3n) is 7.01. The van der Waals surface area contributed by atoms with Gasteiger partial charge < -0.3 is 10.2 Å². The number of tetrazole rings is 2. The quantitative estimate of drug-likeness (QED) is 0.396. The Morgan fingerprint density at radius 2 is 1.84 bits per heavy atom. The highest BCUT2D eigenvalue weighted by Gasteiger charge is 2.36. The van der Waals surface area contributed by atoms with E-state index in [4.69, 9.17) is 0 Å². The first-order valence-corrected chi connectivity index (χ1v) is 12.1. The van der Waals surface area contributed by atoms with E-state index in [0.29, 0.717) is 31.4 Å². The molecular formula is C26H23N11. The predicted octanol–water partition coefficient (Wildman–Crippen LogP) is 3.49. The summed E-state index contributed by atoms with van der Waals surface area (Å²) in [6, 6.07) is 20.5. The lowest BCUT2D eigenvalue weighted by Crippen LogP contribution is -2.34. The molecule has 0 saturated carbocycles. The summed E-state index contributed by atoms with van der Waals surface area (Å²) in [4.78, 5) is 6.79. The second kappa shape index (κ2) is 8.63. The van der Waals surface area contributed by atoms with Crippen molar-refractivity contribution in [3.63, 3.8) is 0 Å². The lowest BCUT2D eigenvalue weighted by Gasteiger charge is -2.36. The zero-order valence-corrected chi connectivity index (χ0v) is 20.1. The topological polar surface area (TPSA) is 115 Å². The second-order valence-corrected chi connectivity index (χ2v) is 9.14. The molecular weight excluding hydrogens is 466 g/mol. The smallest absolute Gasteiger partial charge is 0.250 e. The van der Waals surface area contributed by atoms with Gasteiger partial charge in [0, 0.05) is 29.4 Å². The average Bonchev–Trinajstić information content (AvgIpc) is 3.61. The maximum Gasteiger partial charge on any atom is 0.250 e. The highest BCUT2D eigenvalue weighted by Crippen LogP contribution is 2.42. The van der Waals surface area contributed by atoms with Gasteiger partial charge in [-0.15, -0.1) is 0 Å². The molecule has 182 valence electrons. The van der Waals surface area contributed by atoms with Gasteiger partial charge in [0.05, 0.1) is 18.6 Å². The first-order valence-electron chi connectivity index (χ1n) is 12.1. The van der Waals surface area contributed by atoms with Crippen molar-refractivity contribution in [2.75, 3.05) is 10.2 Å². The van der Waals surface area contributed by atoms with Gasteiger partial charge in [-0.05, 0) is 62.7 Å². The number of aromatic nitrogens is 9. The Hall–Kier alpha value is -4.93. The molecule has 0 spiro atoms. The molecule has 2 aliphatic heterocycles. The molecule has 5 heterocycles. The molecule has 3 aromatic heterocycles. The predicted molar refractivity (Wildman–Crippen MR) is 137 cm³/mol. The molecule has 0 aliphatic carbocycles. The van der Waals surface area contributed by atoms with E-state index >= 15 is 0 Å². The third kappa shape index (κ3) is 3.63. The molecule has 0 saturated heterocycles. The number of hydrogen-bond acceptors (Lipinski definition) is 9. The van der Waals surface area contributed by atoms with Crippen LogP contribution in [0.25, 0.3) is 10.9 Å². The zero-order valence-electron chi connectivity index (χ0n) is 20.1.